The molecule has 4 rings (SSSR count). The van der Waals surface area contributed by atoms with Gasteiger partial charge in [0.05, 0.1) is 40.5 Å². The van der Waals surface area contributed by atoms with Gasteiger partial charge in [-0.15, -0.1) is 0 Å². The van der Waals surface area contributed by atoms with Crippen LogP contribution in [0.1, 0.15) is 54.9 Å². The molecule has 2 aromatic carbocycles. The number of hydrogen-bond acceptors (Lipinski definition) is 9. The van der Waals surface area contributed by atoms with Gasteiger partial charge in [-0.3, -0.25) is 14.4 Å². The van der Waals surface area contributed by atoms with E-state index in [9.17, 15) is 19.2 Å². The van der Waals surface area contributed by atoms with Gasteiger partial charge < -0.3 is 38.3 Å². The third-order valence-corrected chi connectivity index (χ3v) is 7.49. The Labute approximate surface area is 245 Å². The second-order valence-electron chi connectivity index (χ2n) is 10.4. The second kappa shape index (κ2) is 14.1. The highest BCUT2D eigenvalue weighted by Crippen LogP contribution is 2.37. The number of methoxy groups -OCH3 is 3. The van der Waals surface area contributed by atoms with Crippen LogP contribution in [-0.4, -0.2) is 68.4 Å². The van der Waals surface area contributed by atoms with Gasteiger partial charge in [0, 0.05) is 51.9 Å². The van der Waals surface area contributed by atoms with Crippen LogP contribution >= 0.6 is 0 Å². The summed E-state index contributed by atoms with van der Waals surface area (Å²) in [5, 5.41) is 0. The summed E-state index contributed by atoms with van der Waals surface area (Å²) in [5.41, 5.74) is 3.96. The SMILES string of the molecule is COC(=O)[C@@H](C)CC(=O)N1Cc2cc(OC)c(OCCCOc3cc4c(cc3OC)CN(C(=O)CCC=O)C4)cc2C1. The van der Waals surface area contributed by atoms with Crippen LogP contribution in [0.5, 0.6) is 23.0 Å². The van der Waals surface area contributed by atoms with E-state index in [1.807, 2.05) is 24.3 Å². The van der Waals surface area contributed by atoms with Crippen molar-refractivity contribution >= 4 is 24.1 Å². The summed E-state index contributed by atoms with van der Waals surface area (Å²) in [7, 11) is 4.47. The molecule has 0 saturated heterocycles. The van der Waals surface area contributed by atoms with Crippen molar-refractivity contribution in [3.05, 3.63) is 46.5 Å². The number of fused-ring (bicyclic) bond motifs is 2. The second-order valence-corrected chi connectivity index (χ2v) is 10.4. The molecule has 11 heteroatoms. The van der Waals surface area contributed by atoms with Gasteiger partial charge in [0.1, 0.15) is 6.29 Å². The number of esters is 1. The third kappa shape index (κ3) is 7.13. The van der Waals surface area contributed by atoms with Crippen LogP contribution in [0.2, 0.25) is 0 Å². The molecule has 0 aliphatic carbocycles. The van der Waals surface area contributed by atoms with Gasteiger partial charge in [-0.05, 0) is 46.5 Å². The van der Waals surface area contributed by atoms with Gasteiger partial charge in [-0.25, -0.2) is 0 Å². The zero-order chi connectivity index (χ0) is 30.2. The number of carbonyl (C=O) groups excluding carboxylic acids is 4. The summed E-state index contributed by atoms with van der Waals surface area (Å²) in [6.07, 6.45) is 1.87. The van der Waals surface area contributed by atoms with Gasteiger partial charge in [-0.2, -0.15) is 0 Å². The standard InChI is InChI=1S/C31H38N2O9/c1-20(31(37)40-4)11-30(36)33-18-22-13-26(39-3)28(15-24(22)19-33)42-10-6-9-41-27-14-23-17-32(29(35)7-5-8-34)16-21(23)12-25(27)38-2/h8,12-15,20H,5-7,9-11,16-19H2,1-4H3/t20-/m0/s1. The number of nitrogens with zero attached hydrogens (tertiary/aromatic N) is 2. The van der Waals surface area contributed by atoms with Gasteiger partial charge in [0.15, 0.2) is 23.0 Å². The molecule has 0 fully saturated rings. The molecule has 1 atom stereocenters. The molecule has 2 amide bonds. The number of rotatable bonds is 14. The number of ether oxygens (including phenoxy) is 5. The zero-order valence-electron chi connectivity index (χ0n) is 24.6. The molecule has 0 saturated carbocycles. The lowest BCUT2D eigenvalue weighted by Gasteiger charge is -2.17. The van der Waals surface area contributed by atoms with Crippen LogP contribution in [0.4, 0.5) is 0 Å². The summed E-state index contributed by atoms with van der Waals surface area (Å²) in [6, 6.07) is 7.59. The van der Waals surface area contributed by atoms with Crippen LogP contribution < -0.4 is 18.9 Å². The van der Waals surface area contributed by atoms with Gasteiger partial charge in [-0.1, -0.05) is 6.92 Å². The van der Waals surface area contributed by atoms with Crippen LogP contribution in [0.15, 0.2) is 24.3 Å². The van der Waals surface area contributed by atoms with Crippen LogP contribution in [-0.2, 0) is 50.1 Å². The number of amides is 2. The number of aldehydes is 1. The summed E-state index contributed by atoms with van der Waals surface area (Å²) in [6.45, 7) is 4.28. The molecule has 2 heterocycles. The van der Waals surface area contributed by atoms with Crippen molar-refractivity contribution in [2.45, 2.75) is 58.8 Å². The molecule has 226 valence electrons. The first-order chi connectivity index (χ1) is 20.3. The predicted molar refractivity (Wildman–Crippen MR) is 151 cm³/mol. The fraction of sp³-hybridized carbons (Fsp3) is 0.484. The number of benzene rings is 2. The minimum Gasteiger partial charge on any atom is -0.493 e. The molecule has 2 aromatic rings. The number of hydrogen-bond donors (Lipinski definition) is 0. The monoisotopic (exact) mass is 582 g/mol. The maximum absolute atomic E-state index is 12.7. The highest BCUT2D eigenvalue weighted by Gasteiger charge is 2.28. The molecule has 0 N–H and O–H groups in total. The summed E-state index contributed by atoms with van der Waals surface area (Å²) in [5.74, 6) is 1.30. The first kappa shape index (κ1) is 30.7. The predicted octanol–water partition coefficient (Wildman–Crippen LogP) is 3.41. The van der Waals surface area contributed by atoms with Crippen LogP contribution in [0, 0.1) is 5.92 Å². The van der Waals surface area contributed by atoms with Crippen molar-refractivity contribution < 1.29 is 42.9 Å². The maximum Gasteiger partial charge on any atom is 0.308 e. The van der Waals surface area contributed by atoms with E-state index in [1.54, 1.807) is 30.9 Å². The molecule has 42 heavy (non-hydrogen) atoms. The molecule has 0 aromatic heterocycles. The van der Waals surface area contributed by atoms with E-state index in [-0.39, 0.29) is 31.1 Å². The molecule has 2 aliphatic heterocycles. The number of carbonyl (C=O) groups is 4. The molecule has 0 radical (unpaired) electrons. The average molecular weight is 583 g/mol. The third-order valence-electron chi connectivity index (χ3n) is 7.49. The quantitative estimate of drug-likeness (QED) is 0.187. The summed E-state index contributed by atoms with van der Waals surface area (Å²) >= 11 is 0. The molecule has 0 spiro atoms. The normalized spacial score (nSPS) is 14.1. The highest BCUT2D eigenvalue weighted by molar-refractivity contribution is 5.83. The Bertz CT molecular complexity index is 1330. The average Bonchev–Trinajstić information content (AvgIpc) is 3.61. The lowest BCUT2D eigenvalue weighted by Crippen LogP contribution is -2.29. The molecule has 0 unspecified atom stereocenters. The van der Waals surface area contributed by atoms with Crippen molar-refractivity contribution in [2.75, 3.05) is 34.5 Å². The van der Waals surface area contributed by atoms with Crippen LogP contribution in [0.3, 0.4) is 0 Å². The Morgan fingerprint density at radius 1 is 0.762 bits per heavy atom. The molecule has 0 bridgehead atoms. The van der Waals surface area contributed by atoms with E-state index in [0.29, 0.717) is 68.8 Å². The lowest BCUT2D eigenvalue weighted by atomic mass is 10.1. The van der Waals surface area contributed by atoms with E-state index in [4.69, 9.17) is 23.7 Å². The maximum atomic E-state index is 12.7. The Balaban J connectivity index is 1.29. The summed E-state index contributed by atoms with van der Waals surface area (Å²) in [4.78, 5) is 50.9. The van der Waals surface area contributed by atoms with Crippen molar-refractivity contribution in [1.29, 1.82) is 0 Å². The van der Waals surface area contributed by atoms with E-state index < -0.39 is 11.9 Å². The van der Waals surface area contributed by atoms with Crippen LogP contribution in [0.25, 0.3) is 0 Å². The fourth-order valence-corrected chi connectivity index (χ4v) is 5.15. The topological polar surface area (TPSA) is 121 Å². The minimum atomic E-state index is -0.503. The Hall–Kier alpha value is -4.28. The van der Waals surface area contributed by atoms with E-state index in [0.717, 1.165) is 28.5 Å². The molecule has 2 aliphatic rings. The Kier molecular flexibility index (Phi) is 10.3. The Morgan fingerprint density at radius 2 is 1.21 bits per heavy atom. The van der Waals surface area contributed by atoms with Gasteiger partial charge >= 0.3 is 5.97 Å². The fourth-order valence-electron chi connectivity index (χ4n) is 5.15. The van der Waals surface area contributed by atoms with Crippen molar-refractivity contribution in [3.63, 3.8) is 0 Å². The molecular formula is C31H38N2O9. The smallest absolute Gasteiger partial charge is 0.308 e. The Morgan fingerprint density at radius 3 is 1.64 bits per heavy atom. The molecule has 11 nitrogen and oxygen atoms in total. The van der Waals surface area contributed by atoms with Crippen molar-refractivity contribution in [1.82, 2.24) is 9.80 Å². The first-order valence-electron chi connectivity index (χ1n) is 14.0. The lowest BCUT2D eigenvalue weighted by molar-refractivity contribution is -0.148. The first-order valence-corrected chi connectivity index (χ1v) is 14.0. The van der Waals surface area contributed by atoms with Gasteiger partial charge in [0.25, 0.3) is 0 Å². The van der Waals surface area contributed by atoms with Crippen molar-refractivity contribution in [3.8, 4) is 23.0 Å². The van der Waals surface area contributed by atoms with E-state index in [2.05, 4.69) is 0 Å². The minimum absolute atomic E-state index is 0.0497. The van der Waals surface area contributed by atoms with E-state index in [1.165, 1.54) is 7.11 Å². The van der Waals surface area contributed by atoms with Gasteiger partial charge in [0.2, 0.25) is 11.8 Å². The van der Waals surface area contributed by atoms with E-state index >= 15 is 0 Å². The van der Waals surface area contributed by atoms with Crippen molar-refractivity contribution in [2.24, 2.45) is 5.92 Å². The highest BCUT2D eigenvalue weighted by atomic mass is 16.5. The zero-order valence-corrected chi connectivity index (χ0v) is 24.6. The molecular weight excluding hydrogens is 544 g/mol. The summed E-state index contributed by atoms with van der Waals surface area (Å²) < 4.78 is 27.8. The largest absolute Gasteiger partial charge is 0.493 e.